The molecule has 1 aromatic carbocycles. The lowest BCUT2D eigenvalue weighted by Gasteiger charge is -2.17. The summed E-state index contributed by atoms with van der Waals surface area (Å²) in [6.07, 6.45) is -2.58. The Morgan fingerprint density at radius 1 is 1.40 bits per heavy atom. The van der Waals surface area contributed by atoms with Gasteiger partial charge in [0.15, 0.2) is 0 Å². The Labute approximate surface area is 87.0 Å². The molecule has 1 aromatic rings. The average molecular weight is 208 g/mol. The highest BCUT2D eigenvalue weighted by Crippen LogP contribution is 2.27. The summed E-state index contributed by atoms with van der Waals surface area (Å²) in [5.74, 6) is -0.0155. The van der Waals surface area contributed by atoms with E-state index < -0.39 is 12.2 Å². The second-order valence-electron chi connectivity index (χ2n) is 3.19. The SMILES string of the molecule is N#CCC(O)C(O)c1ccc(O)cc1N. The standard InChI is InChI=1S/C10H12N2O3/c11-4-3-9(14)10(15)7-2-1-6(13)5-8(7)12/h1-2,5,9-10,13-15H,3,12H2. The number of anilines is 1. The van der Waals surface area contributed by atoms with Crippen molar-refractivity contribution < 1.29 is 15.3 Å². The predicted molar refractivity (Wildman–Crippen MR) is 53.7 cm³/mol. The predicted octanol–water partition coefficient (Wildman–Crippen LogP) is 0.282. The summed E-state index contributed by atoms with van der Waals surface area (Å²) in [4.78, 5) is 0. The molecule has 80 valence electrons. The van der Waals surface area contributed by atoms with Crippen LogP contribution in [0.3, 0.4) is 0 Å². The molecular formula is C10H12N2O3. The van der Waals surface area contributed by atoms with Gasteiger partial charge in [-0.25, -0.2) is 0 Å². The number of aromatic hydroxyl groups is 1. The first kappa shape index (κ1) is 11.3. The van der Waals surface area contributed by atoms with Crippen molar-refractivity contribution in [2.24, 2.45) is 0 Å². The van der Waals surface area contributed by atoms with Crippen molar-refractivity contribution in [1.82, 2.24) is 0 Å². The fourth-order valence-corrected chi connectivity index (χ4v) is 1.24. The Morgan fingerprint density at radius 3 is 2.60 bits per heavy atom. The number of nitrogens with two attached hydrogens (primary N) is 1. The number of rotatable bonds is 3. The number of nitrogens with zero attached hydrogens (tertiary/aromatic N) is 1. The zero-order valence-electron chi connectivity index (χ0n) is 7.96. The van der Waals surface area contributed by atoms with Crippen LogP contribution in [0.5, 0.6) is 5.75 Å². The fraction of sp³-hybridized carbons (Fsp3) is 0.300. The van der Waals surface area contributed by atoms with Crippen molar-refractivity contribution in [2.75, 3.05) is 5.73 Å². The van der Waals surface area contributed by atoms with E-state index in [1.165, 1.54) is 18.2 Å². The minimum Gasteiger partial charge on any atom is -0.508 e. The van der Waals surface area contributed by atoms with Gasteiger partial charge in [0.2, 0.25) is 0 Å². The molecule has 0 aliphatic rings. The molecule has 0 heterocycles. The number of hydrogen-bond acceptors (Lipinski definition) is 5. The highest BCUT2D eigenvalue weighted by molar-refractivity contribution is 5.52. The van der Waals surface area contributed by atoms with Gasteiger partial charge in [-0.15, -0.1) is 0 Å². The zero-order chi connectivity index (χ0) is 11.4. The van der Waals surface area contributed by atoms with Gasteiger partial charge in [-0.2, -0.15) is 5.26 Å². The van der Waals surface area contributed by atoms with E-state index in [0.717, 1.165) is 0 Å². The van der Waals surface area contributed by atoms with Crippen molar-refractivity contribution in [2.45, 2.75) is 18.6 Å². The molecule has 1 rings (SSSR count). The first-order valence-corrected chi connectivity index (χ1v) is 4.37. The van der Waals surface area contributed by atoms with Crippen LogP contribution in [-0.2, 0) is 0 Å². The number of nitrogen functional groups attached to an aromatic ring is 1. The molecule has 0 radical (unpaired) electrons. The molecular weight excluding hydrogens is 196 g/mol. The zero-order valence-corrected chi connectivity index (χ0v) is 7.96. The number of benzene rings is 1. The molecule has 0 bridgehead atoms. The maximum Gasteiger partial charge on any atom is 0.117 e. The second kappa shape index (κ2) is 4.64. The summed E-state index contributed by atoms with van der Waals surface area (Å²) >= 11 is 0. The van der Waals surface area contributed by atoms with Gasteiger partial charge < -0.3 is 21.1 Å². The number of aliphatic hydroxyl groups excluding tert-OH is 2. The Kier molecular flexibility index (Phi) is 3.50. The number of phenols is 1. The first-order chi connectivity index (χ1) is 7.06. The monoisotopic (exact) mass is 208 g/mol. The van der Waals surface area contributed by atoms with Crippen LogP contribution < -0.4 is 5.73 Å². The quantitative estimate of drug-likeness (QED) is 0.533. The molecule has 0 aliphatic carbocycles. The Balaban J connectivity index is 2.91. The van der Waals surface area contributed by atoms with E-state index in [0.29, 0.717) is 5.56 Å². The fourth-order valence-electron chi connectivity index (χ4n) is 1.24. The molecule has 2 unspecified atom stereocenters. The van der Waals surface area contributed by atoms with Crippen LogP contribution >= 0.6 is 0 Å². The molecule has 5 nitrogen and oxygen atoms in total. The molecule has 5 heteroatoms. The third-order valence-corrected chi connectivity index (χ3v) is 2.05. The molecule has 15 heavy (non-hydrogen) atoms. The van der Waals surface area contributed by atoms with Crippen molar-refractivity contribution in [3.63, 3.8) is 0 Å². The normalized spacial score (nSPS) is 14.2. The van der Waals surface area contributed by atoms with E-state index in [2.05, 4.69) is 0 Å². The molecule has 0 amide bonds. The van der Waals surface area contributed by atoms with Gasteiger partial charge in [0.25, 0.3) is 0 Å². The van der Waals surface area contributed by atoms with E-state index in [1.54, 1.807) is 6.07 Å². The van der Waals surface area contributed by atoms with E-state index in [-0.39, 0.29) is 17.9 Å². The van der Waals surface area contributed by atoms with Crippen molar-refractivity contribution in [3.05, 3.63) is 23.8 Å². The molecule has 0 aliphatic heterocycles. The summed E-state index contributed by atoms with van der Waals surface area (Å²) in [6.45, 7) is 0. The van der Waals surface area contributed by atoms with Gasteiger partial charge >= 0.3 is 0 Å². The second-order valence-corrected chi connectivity index (χ2v) is 3.19. The number of hydrogen-bond donors (Lipinski definition) is 4. The van der Waals surface area contributed by atoms with Gasteiger partial charge in [0.05, 0.1) is 18.6 Å². The van der Waals surface area contributed by atoms with Gasteiger partial charge in [-0.05, 0) is 6.07 Å². The van der Waals surface area contributed by atoms with E-state index >= 15 is 0 Å². The van der Waals surface area contributed by atoms with Crippen molar-refractivity contribution in [1.29, 1.82) is 5.26 Å². The number of aliphatic hydroxyl groups is 2. The van der Waals surface area contributed by atoms with Crippen LogP contribution in [0.4, 0.5) is 5.69 Å². The van der Waals surface area contributed by atoms with Crippen LogP contribution in [0.1, 0.15) is 18.1 Å². The van der Waals surface area contributed by atoms with Gasteiger partial charge in [-0.1, -0.05) is 6.07 Å². The minimum absolute atomic E-state index is 0.0155. The smallest absolute Gasteiger partial charge is 0.117 e. The number of phenolic OH excluding ortho intramolecular Hbond substituents is 1. The molecule has 0 saturated heterocycles. The molecule has 0 aromatic heterocycles. The third-order valence-electron chi connectivity index (χ3n) is 2.05. The van der Waals surface area contributed by atoms with Gasteiger partial charge in [0, 0.05) is 17.3 Å². The van der Waals surface area contributed by atoms with Crippen LogP contribution in [0.2, 0.25) is 0 Å². The lowest BCUT2D eigenvalue weighted by molar-refractivity contribution is 0.0220. The van der Waals surface area contributed by atoms with Crippen LogP contribution in [-0.4, -0.2) is 21.4 Å². The summed E-state index contributed by atoms with van der Waals surface area (Å²) < 4.78 is 0. The molecule has 0 saturated carbocycles. The van der Waals surface area contributed by atoms with Crippen LogP contribution in [0.15, 0.2) is 18.2 Å². The van der Waals surface area contributed by atoms with E-state index in [9.17, 15) is 10.2 Å². The highest BCUT2D eigenvalue weighted by Gasteiger charge is 2.20. The average Bonchev–Trinajstić information content (AvgIpc) is 2.17. The Morgan fingerprint density at radius 2 is 2.07 bits per heavy atom. The maximum atomic E-state index is 9.63. The molecule has 0 fully saturated rings. The van der Waals surface area contributed by atoms with Crippen molar-refractivity contribution >= 4 is 5.69 Å². The molecule has 0 spiro atoms. The van der Waals surface area contributed by atoms with Crippen LogP contribution in [0, 0.1) is 11.3 Å². The lowest BCUT2D eigenvalue weighted by Crippen LogP contribution is -2.18. The first-order valence-electron chi connectivity index (χ1n) is 4.37. The topological polar surface area (TPSA) is 110 Å². The van der Waals surface area contributed by atoms with Gasteiger partial charge in [0.1, 0.15) is 11.9 Å². The lowest BCUT2D eigenvalue weighted by atomic mass is 10.0. The third kappa shape index (κ3) is 2.59. The maximum absolute atomic E-state index is 9.63. The summed E-state index contributed by atoms with van der Waals surface area (Å²) in [5, 5.41) is 36.4. The molecule has 2 atom stereocenters. The van der Waals surface area contributed by atoms with E-state index in [1.807, 2.05) is 0 Å². The Bertz CT molecular complexity index is 387. The number of nitriles is 1. The van der Waals surface area contributed by atoms with Crippen LogP contribution in [0.25, 0.3) is 0 Å². The molecule has 5 N–H and O–H groups in total. The minimum atomic E-state index is -1.22. The highest BCUT2D eigenvalue weighted by atomic mass is 16.3. The Hall–Kier alpha value is -1.77. The van der Waals surface area contributed by atoms with Crippen molar-refractivity contribution in [3.8, 4) is 11.8 Å². The summed E-state index contributed by atoms with van der Waals surface area (Å²) in [5.41, 5.74) is 6.02. The summed E-state index contributed by atoms with van der Waals surface area (Å²) in [7, 11) is 0. The summed E-state index contributed by atoms with van der Waals surface area (Å²) in [6, 6.07) is 5.79. The largest absolute Gasteiger partial charge is 0.508 e. The van der Waals surface area contributed by atoms with E-state index in [4.69, 9.17) is 16.1 Å². The van der Waals surface area contributed by atoms with Gasteiger partial charge in [-0.3, -0.25) is 0 Å².